The van der Waals surface area contributed by atoms with Gasteiger partial charge in [-0.1, -0.05) is 6.07 Å². The Morgan fingerprint density at radius 2 is 2.10 bits per heavy atom. The number of carbonyl (C=O) groups excluding carboxylic acids is 1. The normalized spacial score (nSPS) is 16.0. The minimum absolute atomic E-state index is 0.00984. The molecule has 1 fully saturated rings. The van der Waals surface area contributed by atoms with Crippen LogP contribution in [0, 0.1) is 5.82 Å². The van der Waals surface area contributed by atoms with E-state index in [1.807, 2.05) is 0 Å². The van der Waals surface area contributed by atoms with Crippen LogP contribution in [0.25, 0.3) is 6.08 Å². The Bertz CT molecular complexity index is 563. The van der Waals surface area contributed by atoms with Crippen molar-refractivity contribution in [1.82, 2.24) is 4.90 Å². The van der Waals surface area contributed by atoms with Crippen LogP contribution in [0.4, 0.5) is 4.39 Å². The summed E-state index contributed by atoms with van der Waals surface area (Å²) in [5.41, 5.74) is 0.384. The van der Waals surface area contributed by atoms with Gasteiger partial charge in [0.25, 0.3) is 5.91 Å². The number of benzene rings is 1. The molecule has 1 aromatic carbocycles. The van der Waals surface area contributed by atoms with Gasteiger partial charge in [-0.3, -0.25) is 4.79 Å². The van der Waals surface area contributed by atoms with Gasteiger partial charge in [0.15, 0.2) is 0 Å². The third-order valence-electron chi connectivity index (χ3n) is 3.15. The van der Waals surface area contributed by atoms with E-state index in [1.165, 1.54) is 18.2 Å². The number of amides is 1. The monoisotopic (exact) mass is 293 g/mol. The topological polar surface area (TPSA) is 66.8 Å². The molecule has 21 heavy (non-hydrogen) atoms. The number of hydrogen-bond donors (Lipinski definition) is 1. The Balaban J connectivity index is 2.16. The quantitative estimate of drug-likeness (QED) is 0.863. The van der Waals surface area contributed by atoms with Gasteiger partial charge in [-0.05, 0) is 30.2 Å². The largest absolute Gasteiger partial charge is 0.478 e. The molecule has 0 aromatic heterocycles. The molecule has 112 valence electrons. The summed E-state index contributed by atoms with van der Waals surface area (Å²) in [5, 5.41) is 8.53. The van der Waals surface area contributed by atoms with E-state index in [2.05, 4.69) is 0 Å². The van der Waals surface area contributed by atoms with Gasteiger partial charge in [-0.2, -0.15) is 0 Å². The van der Waals surface area contributed by atoms with E-state index in [0.717, 1.165) is 18.6 Å². The van der Waals surface area contributed by atoms with Crippen LogP contribution in [0.5, 0.6) is 0 Å². The van der Waals surface area contributed by atoms with Crippen LogP contribution in [0.1, 0.15) is 22.3 Å². The molecule has 0 atom stereocenters. The highest BCUT2D eigenvalue weighted by molar-refractivity contribution is 5.95. The Kier molecular flexibility index (Phi) is 5.05. The van der Waals surface area contributed by atoms with Crippen molar-refractivity contribution in [2.75, 3.05) is 26.3 Å². The van der Waals surface area contributed by atoms with Crippen LogP contribution >= 0.6 is 0 Å². The molecular weight excluding hydrogens is 277 g/mol. The van der Waals surface area contributed by atoms with Gasteiger partial charge >= 0.3 is 5.97 Å². The van der Waals surface area contributed by atoms with Crippen LogP contribution in [0.3, 0.4) is 0 Å². The molecule has 1 aliphatic rings. The lowest BCUT2D eigenvalue weighted by Crippen LogP contribution is -2.33. The lowest BCUT2D eigenvalue weighted by Gasteiger charge is -2.19. The zero-order chi connectivity index (χ0) is 15.2. The lowest BCUT2D eigenvalue weighted by molar-refractivity contribution is -0.131. The number of hydrogen-bond acceptors (Lipinski definition) is 3. The number of carbonyl (C=O) groups is 2. The van der Waals surface area contributed by atoms with E-state index in [9.17, 15) is 14.0 Å². The number of rotatable bonds is 3. The molecular formula is C15H16FNO4. The third kappa shape index (κ3) is 4.13. The SMILES string of the molecule is O=C(O)C=Cc1ccc(C(=O)N2CCCOCC2)c(F)c1. The second-order valence-corrected chi connectivity index (χ2v) is 4.67. The Hall–Kier alpha value is -2.21. The summed E-state index contributed by atoms with van der Waals surface area (Å²) in [4.78, 5) is 24.3. The van der Waals surface area contributed by atoms with Gasteiger partial charge in [-0.15, -0.1) is 0 Å². The van der Waals surface area contributed by atoms with Crippen molar-refractivity contribution in [1.29, 1.82) is 0 Å². The fraction of sp³-hybridized carbons (Fsp3) is 0.333. The van der Waals surface area contributed by atoms with Crippen LogP contribution in [0.2, 0.25) is 0 Å². The first kappa shape index (κ1) is 15.2. The van der Waals surface area contributed by atoms with Crippen molar-refractivity contribution in [3.8, 4) is 0 Å². The molecule has 0 unspecified atom stereocenters. The summed E-state index contributed by atoms with van der Waals surface area (Å²) < 4.78 is 19.3. The number of carboxylic acids is 1. The van der Waals surface area contributed by atoms with Gasteiger partial charge in [0.2, 0.25) is 0 Å². The van der Waals surface area contributed by atoms with Crippen molar-refractivity contribution in [3.63, 3.8) is 0 Å². The summed E-state index contributed by atoms with van der Waals surface area (Å²) in [6, 6.07) is 4.05. The zero-order valence-corrected chi connectivity index (χ0v) is 11.4. The number of aliphatic carboxylic acids is 1. The van der Waals surface area contributed by atoms with Gasteiger partial charge in [0.05, 0.1) is 12.2 Å². The summed E-state index contributed by atoms with van der Waals surface area (Å²) in [6.45, 7) is 2.04. The molecule has 1 saturated heterocycles. The predicted octanol–water partition coefficient (Wildman–Crippen LogP) is 1.79. The minimum atomic E-state index is -1.11. The maximum Gasteiger partial charge on any atom is 0.328 e. The molecule has 0 spiro atoms. The first-order chi connectivity index (χ1) is 10.1. The molecule has 1 aromatic rings. The molecule has 5 nitrogen and oxygen atoms in total. The average molecular weight is 293 g/mol. The third-order valence-corrected chi connectivity index (χ3v) is 3.15. The summed E-state index contributed by atoms with van der Waals surface area (Å²) >= 11 is 0. The van der Waals surface area contributed by atoms with E-state index < -0.39 is 11.8 Å². The molecule has 1 N–H and O–H groups in total. The second-order valence-electron chi connectivity index (χ2n) is 4.67. The summed E-state index contributed by atoms with van der Waals surface area (Å²) in [5.74, 6) is -2.13. The zero-order valence-electron chi connectivity index (χ0n) is 11.4. The highest BCUT2D eigenvalue weighted by Gasteiger charge is 2.20. The lowest BCUT2D eigenvalue weighted by atomic mass is 10.1. The molecule has 6 heteroatoms. The fourth-order valence-electron chi connectivity index (χ4n) is 2.10. The first-order valence-electron chi connectivity index (χ1n) is 6.65. The molecule has 0 aliphatic carbocycles. The van der Waals surface area contributed by atoms with E-state index in [-0.39, 0.29) is 11.5 Å². The average Bonchev–Trinajstić information content (AvgIpc) is 2.73. The number of halogens is 1. The van der Waals surface area contributed by atoms with Crippen LogP contribution in [0.15, 0.2) is 24.3 Å². The van der Waals surface area contributed by atoms with E-state index in [4.69, 9.17) is 9.84 Å². The highest BCUT2D eigenvalue weighted by Crippen LogP contribution is 2.15. The van der Waals surface area contributed by atoms with Crippen LogP contribution in [-0.2, 0) is 9.53 Å². The van der Waals surface area contributed by atoms with Crippen LogP contribution in [-0.4, -0.2) is 48.2 Å². The molecule has 1 amide bonds. The summed E-state index contributed by atoms with van der Waals surface area (Å²) in [7, 11) is 0. The number of ether oxygens (including phenoxy) is 1. The molecule has 0 saturated carbocycles. The second kappa shape index (κ2) is 6.99. The summed E-state index contributed by atoms with van der Waals surface area (Å²) in [6.07, 6.45) is 2.93. The molecule has 1 heterocycles. The van der Waals surface area contributed by atoms with Crippen molar-refractivity contribution in [2.24, 2.45) is 0 Å². The fourth-order valence-corrected chi connectivity index (χ4v) is 2.10. The van der Waals surface area contributed by atoms with Crippen LogP contribution < -0.4 is 0 Å². The van der Waals surface area contributed by atoms with Crippen molar-refractivity contribution in [3.05, 3.63) is 41.2 Å². The number of nitrogens with zero attached hydrogens (tertiary/aromatic N) is 1. The van der Waals surface area contributed by atoms with Gasteiger partial charge in [0.1, 0.15) is 5.82 Å². The van der Waals surface area contributed by atoms with E-state index in [0.29, 0.717) is 31.9 Å². The maximum atomic E-state index is 14.0. The minimum Gasteiger partial charge on any atom is -0.478 e. The number of carboxylic acid groups (broad SMARTS) is 1. The van der Waals surface area contributed by atoms with Gasteiger partial charge in [-0.25, -0.2) is 9.18 Å². The Morgan fingerprint density at radius 3 is 2.81 bits per heavy atom. The smallest absolute Gasteiger partial charge is 0.328 e. The highest BCUT2D eigenvalue weighted by atomic mass is 19.1. The van der Waals surface area contributed by atoms with Gasteiger partial charge < -0.3 is 14.7 Å². The molecule has 0 radical (unpaired) electrons. The van der Waals surface area contributed by atoms with E-state index >= 15 is 0 Å². The van der Waals surface area contributed by atoms with Crippen molar-refractivity contribution in [2.45, 2.75) is 6.42 Å². The Labute approximate surface area is 121 Å². The maximum absolute atomic E-state index is 14.0. The predicted molar refractivity (Wildman–Crippen MR) is 74.4 cm³/mol. The van der Waals surface area contributed by atoms with Crippen molar-refractivity contribution < 1.29 is 23.8 Å². The molecule has 0 bridgehead atoms. The standard InChI is InChI=1S/C15H16FNO4/c16-13-10-11(3-5-14(18)19)2-4-12(13)15(20)17-6-1-8-21-9-7-17/h2-5,10H,1,6-9H2,(H,18,19). The van der Waals surface area contributed by atoms with E-state index in [1.54, 1.807) is 4.90 Å². The van der Waals surface area contributed by atoms with Gasteiger partial charge in [0, 0.05) is 25.8 Å². The molecule has 1 aliphatic heterocycles. The Morgan fingerprint density at radius 1 is 1.29 bits per heavy atom. The van der Waals surface area contributed by atoms with Crippen molar-refractivity contribution >= 4 is 18.0 Å². The molecule has 2 rings (SSSR count). The first-order valence-corrected chi connectivity index (χ1v) is 6.65.